The Morgan fingerprint density at radius 3 is 2.26 bits per heavy atom. The highest BCUT2D eigenvalue weighted by Crippen LogP contribution is 2.13. The first-order valence-electron chi connectivity index (χ1n) is 7.70. The zero-order valence-corrected chi connectivity index (χ0v) is 13.6. The average molecular weight is 332 g/mol. The van der Waals surface area contributed by atoms with E-state index in [4.69, 9.17) is 11.6 Å². The first kappa shape index (κ1) is 16.0. The van der Waals surface area contributed by atoms with Crippen LogP contribution in [0.1, 0.15) is 11.1 Å². The van der Waals surface area contributed by atoms with Gasteiger partial charge in [-0.1, -0.05) is 35.9 Å². The van der Waals surface area contributed by atoms with Gasteiger partial charge in [0.25, 0.3) is 0 Å². The molecule has 0 radical (unpaired) electrons. The second kappa shape index (κ2) is 7.57. The third-order valence-electron chi connectivity index (χ3n) is 3.91. The summed E-state index contributed by atoms with van der Waals surface area (Å²) in [5.41, 5.74) is 2.19. The number of hydrogen-bond donors (Lipinski definition) is 0. The molecule has 0 amide bonds. The van der Waals surface area contributed by atoms with Gasteiger partial charge in [0.15, 0.2) is 0 Å². The fourth-order valence-corrected chi connectivity index (χ4v) is 2.68. The number of piperazine rings is 1. The zero-order valence-electron chi connectivity index (χ0n) is 12.8. The van der Waals surface area contributed by atoms with Crippen molar-refractivity contribution in [2.75, 3.05) is 26.2 Å². The number of rotatable bonds is 4. The van der Waals surface area contributed by atoms with Gasteiger partial charge in [0.05, 0.1) is 6.21 Å². The van der Waals surface area contributed by atoms with Crippen LogP contribution >= 0.6 is 11.6 Å². The molecule has 0 bridgehead atoms. The van der Waals surface area contributed by atoms with Gasteiger partial charge in [-0.25, -0.2) is 4.39 Å². The summed E-state index contributed by atoms with van der Waals surface area (Å²) in [6.45, 7) is 4.68. The molecule has 5 heteroatoms. The average Bonchev–Trinajstić information content (AvgIpc) is 2.58. The van der Waals surface area contributed by atoms with Crippen LogP contribution in [0, 0.1) is 5.82 Å². The van der Waals surface area contributed by atoms with Crippen molar-refractivity contribution in [1.82, 2.24) is 9.91 Å². The first-order chi connectivity index (χ1) is 11.2. The number of nitrogens with zero attached hydrogens (tertiary/aromatic N) is 3. The summed E-state index contributed by atoms with van der Waals surface area (Å²) in [5, 5.41) is 7.31. The Morgan fingerprint density at radius 1 is 0.957 bits per heavy atom. The van der Waals surface area contributed by atoms with Crippen LogP contribution in [0.4, 0.5) is 4.39 Å². The van der Waals surface area contributed by atoms with Crippen LogP contribution in [0.3, 0.4) is 0 Å². The van der Waals surface area contributed by atoms with Crippen LogP contribution < -0.4 is 0 Å². The normalized spacial score (nSPS) is 16.2. The van der Waals surface area contributed by atoms with Gasteiger partial charge in [-0.3, -0.25) is 9.91 Å². The highest BCUT2D eigenvalue weighted by Gasteiger charge is 2.15. The highest BCUT2D eigenvalue weighted by atomic mass is 35.5. The monoisotopic (exact) mass is 331 g/mol. The number of hydrogen-bond acceptors (Lipinski definition) is 3. The summed E-state index contributed by atoms with van der Waals surface area (Å²) >= 11 is 5.91. The molecule has 1 aliphatic heterocycles. The van der Waals surface area contributed by atoms with E-state index in [2.05, 4.69) is 27.1 Å². The fraction of sp³-hybridized carbons (Fsp3) is 0.278. The molecule has 1 saturated heterocycles. The van der Waals surface area contributed by atoms with E-state index in [1.54, 1.807) is 18.3 Å². The second-order valence-corrected chi connectivity index (χ2v) is 6.09. The molecule has 0 aliphatic carbocycles. The van der Waals surface area contributed by atoms with Gasteiger partial charge >= 0.3 is 0 Å². The van der Waals surface area contributed by atoms with Crippen molar-refractivity contribution in [1.29, 1.82) is 0 Å². The van der Waals surface area contributed by atoms with Crippen molar-refractivity contribution in [3.8, 4) is 0 Å². The van der Waals surface area contributed by atoms with E-state index in [1.165, 1.54) is 17.7 Å². The lowest BCUT2D eigenvalue weighted by Crippen LogP contribution is -2.43. The second-order valence-electron chi connectivity index (χ2n) is 5.65. The van der Waals surface area contributed by atoms with Crippen molar-refractivity contribution in [2.45, 2.75) is 6.54 Å². The summed E-state index contributed by atoms with van der Waals surface area (Å²) in [6.07, 6.45) is 1.79. The Hall–Kier alpha value is -1.91. The summed E-state index contributed by atoms with van der Waals surface area (Å²) in [4.78, 5) is 2.41. The quantitative estimate of drug-likeness (QED) is 0.797. The molecule has 120 valence electrons. The number of hydrazone groups is 1. The molecule has 23 heavy (non-hydrogen) atoms. The molecule has 0 unspecified atom stereocenters. The SMILES string of the molecule is Fc1ccc(/C=N\N2CCN(Cc3ccc(Cl)cc3)CC2)cc1. The lowest BCUT2D eigenvalue weighted by molar-refractivity contribution is 0.131. The maximum atomic E-state index is 12.9. The number of halogens is 2. The van der Waals surface area contributed by atoms with Crippen LogP contribution in [-0.2, 0) is 6.54 Å². The zero-order chi connectivity index (χ0) is 16.1. The Morgan fingerprint density at radius 2 is 1.61 bits per heavy atom. The van der Waals surface area contributed by atoms with Gasteiger partial charge in [0, 0.05) is 37.7 Å². The van der Waals surface area contributed by atoms with Crippen LogP contribution in [-0.4, -0.2) is 42.3 Å². The first-order valence-corrected chi connectivity index (χ1v) is 8.08. The van der Waals surface area contributed by atoms with Crippen molar-refractivity contribution in [3.63, 3.8) is 0 Å². The van der Waals surface area contributed by atoms with Crippen molar-refractivity contribution in [3.05, 3.63) is 70.5 Å². The van der Waals surface area contributed by atoms with Gasteiger partial charge in [0.2, 0.25) is 0 Å². The molecule has 0 aromatic heterocycles. The van der Waals surface area contributed by atoms with E-state index < -0.39 is 0 Å². The van der Waals surface area contributed by atoms with Gasteiger partial charge < -0.3 is 0 Å². The summed E-state index contributed by atoms with van der Waals surface area (Å²) in [7, 11) is 0. The van der Waals surface area contributed by atoms with Crippen molar-refractivity contribution < 1.29 is 4.39 Å². The van der Waals surface area contributed by atoms with Gasteiger partial charge in [-0.2, -0.15) is 5.10 Å². The molecule has 0 saturated carbocycles. The molecular weight excluding hydrogens is 313 g/mol. The van der Waals surface area contributed by atoms with E-state index in [-0.39, 0.29) is 5.82 Å². The van der Waals surface area contributed by atoms with Crippen molar-refractivity contribution >= 4 is 17.8 Å². The fourth-order valence-electron chi connectivity index (χ4n) is 2.56. The molecule has 1 aliphatic rings. The molecule has 2 aromatic rings. The third-order valence-corrected chi connectivity index (χ3v) is 4.16. The highest BCUT2D eigenvalue weighted by molar-refractivity contribution is 6.30. The Kier molecular flexibility index (Phi) is 5.26. The molecule has 0 N–H and O–H groups in total. The minimum Gasteiger partial charge on any atom is -0.295 e. The summed E-state index contributed by atoms with van der Waals surface area (Å²) in [6, 6.07) is 14.4. The van der Waals surface area contributed by atoms with Gasteiger partial charge in [0.1, 0.15) is 5.82 Å². The molecule has 1 fully saturated rings. The summed E-state index contributed by atoms with van der Waals surface area (Å²) < 4.78 is 12.9. The predicted octanol–water partition coefficient (Wildman–Crippen LogP) is 3.63. The largest absolute Gasteiger partial charge is 0.295 e. The van der Waals surface area contributed by atoms with Crippen LogP contribution in [0.5, 0.6) is 0 Å². The topological polar surface area (TPSA) is 18.8 Å². The molecular formula is C18H19ClFN3. The lowest BCUT2D eigenvalue weighted by Gasteiger charge is -2.33. The van der Waals surface area contributed by atoms with E-state index >= 15 is 0 Å². The predicted molar refractivity (Wildman–Crippen MR) is 92.3 cm³/mol. The van der Waals surface area contributed by atoms with E-state index in [0.29, 0.717) is 0 Å². The Balaban J connectivity index is 1.48. The van der Waals surface area contributed by atoms with Crippen molar-refractivity contribution in [2.24, 2.45) is 5.10 Å². The van der Waals surface area contributed by atoms with Crippen LogP contribution in [0.2, 0.25) is 5.02 Å². The van der Waals surface area contributed by atoms with E-state index in [9.17, 15) is 4.39 Å². The maximum Gasteiger partial charge on any atom is 0.123 e. The van der Waals surface area contributed by atoms with Gasteiger partial charge in [-0.05, 0) is 35.4 Å². The Bertz CT molecular complexity index is 647. The molecule has 0 atom stereocenters. The smallest absolute Gasteiger partial charge is 0.123 e. The molecule has 1 heterocycles. The van der Waals surface area contributed by atoms with E-state index in [1.807, 2.05) is 12.1 Å². The third kappa shape index (κ3) is 4.78. The maximum absolute atomic E-state index is 12.9. The standard InChI is InChI=1S/C18H19ClFN3/c19-17-5-1-16(2-6-17)14-22-9-11-23(12-10-22)21-13-15-3-7-18(20)8-4-15/h1-8,13H,9-12,14H2/b21-13-. The van der Waals surface area contributed by atoms with E-state index in [0.717, 1.165) is 43.3 Å². The Labute approximate surface area is 141 Å². The lowest BCUT2D eigenvalue weighted by atomic mass is 10.2. The molecule has 3 nitrogen and oxygen atoms in total. The van der Waals surface area contributed by atoms with Crippen LogP contribution in [0.25, 0.3) is 0 Å². The van der Waals surface area contributed by atoms with Gasteiger partial charge in [-0.15, -0.1) is 0 Å². The molecule has 0 spiro atoms. The number of benzene rings is 2. The molecule has 2 aromatic carbocycles. The minimum absolute atomic E-state index is 0.224. The summed E-state index contributed by atoms with van der Waals surface area (Å²) in [5.74, 6) is -0.224. The van der Waals surface area contributed by atoms with Crippen LogP contribution in [0.15, 0.2) is 53.6 Å². The molecule has 3 rings (SSSR count). The minimum atomic E-state index is -0.224.